The number of aromatic amines is 1. The van der Waals surface area contributed by atoms with E-state index in [1.807, 2.05) is 0 Å². The Balaban J connectivity index is 2.37. The number of imidazole rings is 1. The second-order valence-electron chi connectivity index (χ2n) is 3.48. The average molecular weight is 226 g/mol. The summed E-state index contributed by atoms with van der Waals surface area (Å²) in [5, 5.41) is 9.88. The third-order valence-corrected chi connectivity index (χ3v) is 2.45. The van der Waals surface area contributed by atoms with Gasteiger partial charge in [0.2, 0.25) is 0 Å². The zero-order valence-electron chi connectivity index (χ0n) is 8.38. The van der Waals surface area contributed by atoms with Gasteiger partial charge in [-0.15, -0.1) is 0 Å². The first-order chi connectivity index (χ1) is 7.43. The summed E-state index contributed by atoms with van der Waals surface area (Å²) in [6, 6.07) is 0. The molecule has 10 heteroatoms. The largest absolute Gasteiger partial charge is 0.382 e. The molecule has 0 radical (unpaired) electrons. The smallest absolute Gasteiger partial charge is 0.171 e. The molecule has 1 aliphatic rings. The maximum atomic E-state index is 7.58. The van der Waals surface area contributed by atoms with Gasteiger partial charge in [0.15, 0.2) is 17.8 Å². The molecule has 0 saturated carbocycles. The minimum Gasteiger partial charge on any atom is -0.382 e. The Morgan fingerprint density at radius 1 is 1.31 bits per heavy atom. The monoisotopic (exact) mass is 226 g/mol. The number of hydrogen-bond acceptors (Lipinski definition) is 8. The number of nitrogens with one attached hydrogen (secondary N) is 2. The van der Waals surface area contributed by atoms with Crippen molar-refractivity contribution in [2.45, 2.75) is 12.3 Å². The van der Waals surface area contributed by atoms with Crippen LogP contribution in [0.15, 0.2) is 0 Å². The molecule has 12 N–H and O–H groups in total. The molecular weight excluding hydrogens is 212 g/mol. The van der Waals surface area contributed by atoms with Gasteiger partial charge in [-0.05, 0) is 0 Å². The average Bonchev–Trinajstić information content (AvgIpc) is 2.64. The highest BCUT2D eigenvalue weighted by atomic mass is 15.7. The van der Waals surface area contributed by atoms with E-state index in [2.05, 4.69) is 9.97 Å². The summed E-state index contributed by atoms with van der Waals surface area (Å²) in [6.45, 7) is 0. The maximum absolute atomic E-state index is 7.58. The lowest BCUT2D eigenvalue weighted by Crippen LogP contribution is -2.45. The highest BCUT2D eigenvalue weighted by molar-refractivity contribution is 5.85. The van der Waals surface area contributed by atoms with Crippen molar-refractivity contribution in [2.24, 2.45) is 17.4 Å². The Labute approximate surface area is 90.8 Å². The molecule has 10 nitrogen and oxygen atoms in total. The van der Waals surface area contributed by atoms with Crippen LogP contribution in [-0.4, -0.2) is 32.0 Å². The second-order valence-corrected chi connectivity index (χ2v) is 3.48. The van der Waals surface area contributed by atoms with Gasteiger partial charge in [-0.1, -0.05) is 0 Å². The van der Waals surface area contributed by atoms with Gasteiger partial charge in [-0.3, -0.25) is 16.3 Å². The van der Waals surface area contributed by atoms with Crippen molar-refractivity contribution < 1.29 is 0 Å². The van der Waals surface area contributed by atoms with Gasteiger partial charge in [0.25, 0.3) is 0 Å². The molecule has 1 aromatic rings. The van der Waals surface area contributed by atoms with Crippen molar-refractivity contribution in [3.63, 3.8) is 0 Å². The minimum atomic E-state index is -0.789. The highest BCUT2D eigenvalue weighted by Crippen LogP contribution is 2.27. The zero-order chi connectivity index (χ0) is 12.0. The number of nitrogen functional groups attached to an aromatic ring is 2. The first kappa shape index (κ1) is 10.6. The molecule has 1 aromatic heterocycles. The molecule has 0 bridgehead atoms. The zero-order valence-corrected chi connectivity index (χ0v) is 8.38. The molecule has 1 saturated heterocycles. The molecule has 0 aliphatic carbocycles. The molecule has 0 amide bonds. The second kappa shape index (κ2) is 3.31. The summed E-state index contributed by atoms with van der Waals surface area (Å²) in [6.07, 6.45) is -1.47. The van der Waals surface area contributed by atoms with E-state index in [9.17, 15) is 0 Å². The summed E-state index contributed by atoms with van der Waals surface area (Å²) < 4.78 is 0. The van der Waals surface area contributed by atoms with Gasteiger partial charge >= 0.3 is 0 Å². The van der Waals surface area contributed by atoms with Crippen LogP contribution in [0.3, 0.4) is 0 Å². The van der Waals surface area contributed by atoms with Gasteiger partial charge in [0.1, 0.15) is 17.8 Å². The van der Waals surface area contributed by atoms with E-state index in [4.69, 9.17) is 34.3 Å². The highest BCUT2D eigenvalue weighted by Gasteiger charge is 2.41. The molecule has 88 valence electrons. The van der Waals surface area contributed by atoms with Crippen LogP contribution < -0.4 is 28.9 Å². The van der Waals surface area contributed by atoms with E-state index < -0.39 is 12.3 Å². The minimum absolute atomic E-state index is 0.0129. The van der Waals surface area contributed by atoms with Crippen LogP contribution in [0.5, 0.6) is 0 Å². The molecule has 2 heterocycles. The fourth-order valence-electron chi connectivity index (χ4n) is 1.54. The van der Waals surface area contributed by atoms with Gasteiger partial charge in [0, 0.05) is 0 Å². The number of amidine groups is 1. The SMILES string of the molecule is N=C1C(N)N(N)C(c2nc(N)c(N)[nH]2)N1N. The van der Waals surface area contributed by atoms with E-state index >= 15 is 0 Å². The molecule has 1 fully saturated rings. The summed E-state index contributed by atoms with van der Waals surface area (Å²) >= 11 is 0. The summed E-state index contributed by atoms with van der Waals surface area (Å²) in [7, 11) is 0. The van der Waals surface area contributed by atoms with Crippen LogP contribution >= 0.6 is 0 Å². The van der Waals surface area contributed by atoms with Crippen LogP contribution in [0.2, 0.25) is 0 Å². The molecule has 2 atom stereocenters. The third kappa shape index (κ3) is 1.29. The van der Waals surface area contributed by atoms with Crippen molar-refractivity contribution in [1.82, 2.24) is 20.0 Å². The molecular formula is C6H14N10. The quantitative estimate of drug-likeness (QED) is 0.250. The Morgan fingerprint density at radius 2 is 1.94 bits per heavy atom. The Hall–Kier alpha value is -1.88. The first-order valence-electron chi connectivity index (χ1n) is 4.45. The van der Waals surface area contributed by atoms with Gasteiger partial charge < -0.3 is 22.2 Å². The summed E-state index contributed by atoms with van der Waals surface area (Å²) in [5.41, 5.74) is 16.7. The predicted octanol–water partition coefficient (Wildman–Crippen LogP) is -2.80. The molecule has 0 aromatic carbocycles. The summed E-state index contributed by atoms with van der Waals surface area (Å²) in [4.78, 5) is 6.70. The number of anilines is 2. The Bertz CT molecular complexity index is 403. The number of H-pyrrole nitrogens is 1. The fourth-order valence-corrected chi connectivity index (χ4v) is 1.54. The fraction of sp³-hybridized carbons (Fsp3) is 0.333. The van der Waals surface area contributed by atoms with Crippen LogP contribution in [0, 0.1) is 5.41 Å². The van der Waals surface area contributed by atoms with E-state index in [0.29, 0.717) is 5.82 Å². The number of aromatic nitrogens is 2. The lowest BCUT2D eigenvalue weighted by molar-refractivity contribution is 0.123. The first-order valence-corrected chi connectivity index (χ1v) is 4.45. The lowest BCUT2D eigenvalue weighted by Gasteiger charge is -2.22. The molecule has 16 heavy (non-hydrogen) atoms. The predicted molar refractivity (Wildman–Crippen MR) is 57.9 cm³/mol. The molecule has 2 unspecified atom stereocenters. The van der Waals surface area contributed by atoms with E-state index in [0.717, 1.165) is 5.01 Å². The number of hydrogen-bond donors (Lipinski definition) is 7. The molecule has 1 aliphatic heterocycles. The van der Waals surface area contributed by atoms with E-state index in [1.165, 1.54) is 5.01 Å². The van der Waals surface area contributed by atoms with Crippen LogP contribution in [0.25, 0.3) is 0 Å². The van der Waals surface area contributed by atoms with E-state index in [1.54, 1.807) is 0 Å². The van der Waals surface area contributed by atoms with Crippen molar-refractivity contribution >= 4 is 17.5 Å². The summed E-state index contributed by atoms with van der Waals surface area (Å²) in [5.74, 6) is 12.1. The van der Waals surface area contributed by atoms with Crippen LogP contribution in [0.4, 0.5) is 11.6 Å². The number of rotatable bonds is 1. The number of hydrazine groups is 2. The number of nitrogens with zero attached hydrogens (tertiary/aromatic N) is 3. The lowest BCUT2D eigenvalue weighted by atomic mass is 10.4. The van der Waals surface area contributed by atoms with Gasteiger partial charge in [-0.25, -0.2) is 10.8 Å². The molecule has 2 rings (SSSR count). The standard InChI is InChI=1S/C6H14N10/c7-1-2(8)14-5(13-1)6-15(11)3(9)4(10)16(6)12/h3,6,10H,7-9,11-12H2,(H,13,14). The number of nitrogens with two attached hydrogens (primary N) is 5. The van der Waals surface area contributed by atoms with Crippen molar-refractivity contribution in [3.8, 4) is 0 Å². The van der Waals surface area contributed by atoms with Gasteiger partial charge in [-0.2, -0.15) is 5.01 Å². The topological polar surface area (TPSA) is 189 Å². The molecule has 0 spiro atoms. The Morgan fingerprint density at radius 3 is 2.31 bits per heavy atom. The van der Waals surface area contributed by atoms with Crippen molar-refractivity contribution in [2.75, 3.05) is 11.5 Å². The normalized spacial score (nSPS) is 26.7. The van der Waals surface area contributed by atoms with E-state index in [-0.39, 0.29) is 17.5 Å². The van der Waals surface area contributed by atoms with Crippen molar-refractivity contribution in [1.29, 1.82) is 5.41 Å². The van der Waals surface area contributed by atoms with Crippen LogP contribution in [0.1, 0.15) is 12.0 Å². The Kier molecular flexibility index (Phi) is 2.20. The van der Waals surface area contributed by atoms with Crippen molar-refractivity contribution in [3.05, 3.63) is 5.82 Å². The maximum Gasteiger partial charge on any atom is 0.171 e. The third-order valence-electron chi connectivity index (χ3n) is 2.45. The van der Waals surface area contributed by atoms with Crippen LogP contribution in [-0.2, 0) is 0 Å². The van der Waals surface area contributed by atoms with Gasteiger partial charge in [0.05, 0.1) is 0 Å².